The van der Waals surface area contributed by atoms with Crippen LogP contribution >= 0.6 is 0 Å². The van der Waals surface area contributed by atoms with Crippen molar-refractivity contribution in [2.75, 3.05) is 45.8 Å². The molecule has 0 amide bonds. The second kappa shape index (κ2) is 5.51. The average molecular weight is 237 g/mol. The smallest absolute Gasteiger partial charge is 0.0172 e. The summed E-state index contributed by atoms with van der Waals surface area (Å²) in [5, 5.41) is 3.44. The van der Waals surface area contributed by atoms with Gasteiger partial charge in [0.2, 0.25) is 0 Å². The Bertz CT molecular complexity index is 256. The maximum atomic E-state index is 3.85. The van der Waals surface area contributed by atoms with Crippen molar-refractivity contribution in [2.24, 2.45) is 5.41 Å². The van der Waals surface area contributed by atoms with Crippen molar-refractivity contribution in [3.05, 3.63) is 12.7 Å². The van der Waals surface area contributed by atoms with E-state index in [2.05, 4.69) is 35.5 Å². The fourth-order valence-electron chi connectivity index (χ4n) is 3.47. The van der Waals surface area contributed by atoms with Crippen LogP contribution in [-0.2, 0) is 0 Å². The van der Waals surface area contributed by atoms with Crippen LogP contribution in [0.25, 0.3) is 0 Å². The maximum Gasteiger partial charge on any atom is 0.0172 e. The fraction of sp³-hybridized carbons (Fsp3) is 0.857. The molecule has 0 aromatic rings. The molecule has 1 N–H and O–H groups in total. The number of piperidine rings is 1. The zero-order valence-electron chi connectivity index (χ0n) is 11.4. The van der Waals surface area contributed by atoms with E-state index in [-0.39, 0.29) is 0 Å². The summed E-state index contributed by atoms with van der Waals surface area (Å²) in [5.41, 5.74) is 0.401. The highest BCUT2D eigenvalue weighted by atomic mass is 15.2. The van der Waals surface area contributed by atoms with Crippen molar-refractivity contribution in [2.45, 2.75) is 26.3 Å². The Morgan fingerprint density at radius 3 is 2.59 bits per heavy atom. The van der Waals surface area contributed by atoms with Gasteiger partial charge in [0.05, 0.1) is 0 Å². The molecule has 2 saturated heterocycles. The zero-order valence-corrected chi connectivity index (χ0v) is 11.4. The molecule has 0 aliphatic carbocycles. The van der Waals surface area contributed by atoms with Crippen LogP contribution in [0.2, 0.25) is 0 Å². The van der Waals surface area contributed by atoms with Crippen LogP contribution in [-0.4, -0.2) is 61.7 Å². The summed E-state index contributed by atoms with van der Waals surface area (Å²) < 4.78 is 0. The highest BCUT2D eigenvalue weighted by Gasteiger charge is 2.38. The standard InChI is InChI=1S/C14H27N3/c1-4-8-16-9-5-13(14(2,3)12-16)17-10-6-15-7-11-17/h4,13,15H,1,5-12H2,2-3H3. The molecule has 2 aliphatic rings. The molecular weight excluding hydrogens is 210 g/mol. The van der Waals surface area contributed by atoms with Crippen molar-refractivity contribution < 1.29 is 0 Å². The van der Waals surface area contributed by atoms with Gasteiger partial charge in [0.25, 0.3) is 0 Å². The number of piperazine rings is 1. The molecule has 2 fully saturated rings. The quantitative estimate of drug-likeness (QED) is 0.744. The Balaban J connectivity index is 1.96. The van der Waals surface area contributed by atoms with E-state index in [0.717, 1.165) is 25.7 Å². The Morgan fingerprint density at radius 1 is 1.29 bits per heavy atom. The first-order valence-electron chi connectivity index (χ1n) is 6.91. The second-order valence-electron chi connectivity index (χ2n) is 6.10. The van der Waals surface area contributed by atoms with Crippen molar-refractivity contribution in [3.8, 4) is 0 Å². The minimum atomic E-state index is 0.401. The van der Waals surface area contributed by atoms with Crippen LogP contribution in [0.15, 0.2) is 12.7 Å². The molecule has 0 radical (unpaired) electrons. The Morgan fingerprint density at radius 2 is 2.00 bits per heavy atom. The van der Waals surface area contributed by atoms with Gasteiger partial charge in [-0.25, -0.2) is 0 Å². The van der Waals surface area contributed by atoms with Crippen LogP contribution in [0.4, 0.5) is 0 Å². The van der Waals surface area contributed by atoms with E-state index in [0.29, 0.717) is 5.41 Å². The molecule has 98 valence electrons. The van der Waals surface area contributed by atoms with Gasteiger partial charge in [-0.2, -0.15) is 0 Å². The largest absolute Gasteiger partial charge is 0.314 e. The van der Waals surface area contributed by atoms with Gasteiger partial charge in [-0.15, -0.1) is 6.58 Å². The third-order valence-electron chi connectivity index (χ3n) is 4.23. The summed E-state index contributed by atoms with van der Waals surface area (Å²) in [4.78, 5) is 5.23. The average Bonchev–Trinajstić information content (AvgIpc) is 2.29. The van der Waals surface area contributed by atoms with Crippen molar-refractivity contribution >= 4 is 0 Å². The Hall–Kier alpha value is -0.380. The minimum absolute atomic E-state index is 0.401. The molecular formula is C14H27N3. The summed E-state index contributed by atoms with van der Waals surface area (Å²) in [6.07, 6.45) is 3.34. The molecule has 2 heterocycles. The highest BCUT2D eigenvalue weighted by Crippen LogP contribution is 2.33. The van der Waals surface area contributed by atoms with Crippen molar-refractivity contribution in [1.29, 1.82) is 0 Å². The van der Waals surface area contributed by atoms with E-state index in [1.54, 1.807) is 0 Å². The molecule has 17 heavy (non-hydrogen) atoms. The van der Waals surface area contributed by atoms with Gasteiger partial charge in [-0.3, -0.25) is 9.80 Å². The number of hydrogen-bond acceptors (Lipinski definition) is 3. The summed E-state index contributed by atoms with van der Waals surface area (Å²) in [6.45, 7) is 16.9. The summed E-state index contributed by atoms with van der Waals surface area (Å²) in [5.74, 6) is 0. The van der Waals surface area contributed by atoms with Gasteiger partial charge < -0.3 is 5.32 Å². The second-order valence-corrected chi connectivity index (χ2v) is 6.10. The van der Waals surface area contributed by atoms with Gasteiger partial charge >= 0.3 is 0 Å². The predicted octanol–water partition coefficient (Wildman–Crippen LogP) is 1.18. The van der Waals surface area contributed by atoms with Gasteiger partial charge in [-0.05, 0) is 18.4 Å². The molecule has 0 bridgehead atoms. The zero-order chi connectivity index (χ0) is 12.3. The molecule has 3 heteroatoms. The predicted molar refractivity (Wildman–Crippen MR) is 73.3 cm³/mol. The Labute approximate surface area is 106 Å². The van der Waals surface area contributed by atoms with Gasteiger partial charge in [0, 0.05) is 45.3 Å². The lowest BCUT2D eigenvalue weighted by Gasteiger charge is -2.50. The lowest BCUT2D eigenvalue weighted by Crippen LogP contribution is -2.59. The van der Waals surface area contributed by atoms with Gasteiger partial charge in [0.1, 0.15) is 0 Å². The Kier molecular flexibility index (Phi) is 4.23. The number of rotatable bonds is 3. The van der Waals surface area contributed by atoms with Crippen LogP contribution in [0.5, 0.6) is 0 Å². The van der Waals surface area contributed by atoms with Crippen LogP contribution in [0.3, 0.4) is 0 Å². The SMILES string of the molecule is C=CCN1CCC(N2CCNCC2)C(C)(C)C1. The number of nitrogens with one attached hydrogen (secondary N) is 1. The molecule has 0 aromatic heterocycles. The monoisotopic (exact) mass is 237 g/mol. The summed E-state index contributed by atoms with van der Waals surface area (Å²) in [7, 11) is 0. The van der Waals surface area contributed by atoms with E-state index in [1.165, 1.54) is 32.6 Å². The minimum Gasteiger partial charge on any atom is -0.314 e. The van der Waals surface area contributed by atoms with E-state index in [1.807, 2.05) is 6.08 Å². The van der Waals surface area contributed by atoms with E-state index in [4.69, 9.17) is 0 Å². The van der Waals surface area contributed by atoms with Crippen LogP contribution in [0.1, 0.15) is 20.3 Å². The van der Waals surface area contributed by atoms with Gasteiger partial charge in [0.15, 0.2) is 0 Å². The van der Waals surface area contributed by atoms with Crippen molar-refractivity contribution in [1.82, 2.24) is 15.1 Å². The lowest BCUT2D eigenvalue weighted by molar-refractivity contribution is 0.00468. The lowest BCUT2D eigenvalue weighted by atomic mass is 9.78. The molecule has 0 aromatic carbocycles. The highest BCUT2D eigenvalue weighted by molar-refractivity contribution is 4.95. The number of nitrogens with zero attached hydrogens (tertiary/aromatic N) is 2. The van der Waals surface area contributed by atoms with Crippen LogP contribution in [0, 0.1) is 5.41 Å². The number of likely N-dealkylation sites (tertiary alicyclic amines) is 1. The van der Waals surface area contributed by atoms with Crippen LogP contribution < -0.4 is 5.32 Å². The normalized spacial score (nSPS) is 31.3. The third kappa shape index (κ3) is 3.09. The first-order valence-corrected chi connectivity index (χ1v) is 6.91. The summed E-state index contributed by atoms with van der Waals surface area (Å²) in [6, 6.07) is 0.755. The first-order chi connectivity index (χ1) is 8.13. The maximum absolute atomic E-state index is 3.85. The van der Waals surface area contributed by atoms with E-state index < -0.39 is 0 Å². The first kappa shape index (κ1) is 13.1. The number of hydrogen-bond donors (Lipinski definition) is 1. The van der Waals surface area contributed by atoms with Gasteiger partial charge in [-0.1, -0.05) is 19.9 Å². The summed E-state index contributed by atoms with van der Waals surface area (Å²) >= 11 is 0. The molecule has 3 nitrogen and oxygen atoms in total. The fourth-order valence-corrected chi connectivity index (χ4v) is 3.47. The molecule has 2 aliphatic heterocycles. The van der Waals surface area contributed by atoms with Crippen molar-refractivity contribution in [3.63, 3.8) is 0 Å². The topological polar surface area (TPSA) is 18.5 Å². The molecule has 0 spiro atoms. The molecule has 1 unspecified atom stereocenters. The molecule has 0 saturated carbocycles. The molecule has 2 rings (SSSR count). The molecule has 1 atom stereocenters. The van der Waals surface area contributed by atoms with E-state index in [9.17, 15) is 0 Å². The van der Waals surface area contributed by atoms with E-state index >= 15 is 0 Å². The third-order valence-corrected chi connectivity index (χ3v) is 4.23.